The molecule has 1 heterocycles. The van der Waals surface area contributed by atoms with Crippen molar-refractivity contribution in [2.45, 2.75) is 75.5 Å². The van der Waals surface area contributed by atoms with Crippen molar-refractivity contribution in [2.75, 3.05) is 0 Å². The van der Waals surface area contributed by atoms with Crippen LogP contribution in [0.5, 0.6) is 0 Å². The number of aliphatic hydroxyl groups is 6. The lowest BCUT2D eigenvalue weighted by Crippen LogP contribution is -2.75. The Morgan fingerprint density at radius 3 is 1.88 bits per heavy atom. The van der Waals surface area contributed by atoms with Crippen LogP contribution in [0.4, 0.5) is 8.78 Å². The fraction of sp³-hybridized carbons (Fsp3) is 1.00. The van der Waals surface area contributed by atoms with Crippen LogP contribution in [0.25, 0.3) is 0 Å². The third-order valence-corrected chi connectivity index (χ3v) is 6.41. The Morgan fingerprint density at radius 1 is 1.08 bits per heavy atom. The molecular formula is C15H25F2NO6. The maximum atomic E-state index is 13.5. The molecule has 2 saturated carbocycles. The molecule has 2 aliphatic carbocycles. The lowest BCUT2D eigenvalue weighted by molar-refractivity contribution is -0.429. The van der Waals surface area contributed by atoms with E-state index in [1.54, 1.807) is 0 Å². The molecule has 24 heavy (non-hydrogen) atoms. The molecule has 3 fully saturated rings. The molecule has 9 heteroatoms. The Bertz CT molecular complexity index is 560. The van der Waals surface area contributed by atoms with Gasteiger partial charge in [0.15, 0.2) is 5.79 Å². The Labute approximate surface area is 138 Å². The summed E-state index contributed by atoms with van der Waals surface area (Å²) in [5.74, 6) is -14.9. The van der Waals surface area contributed by atoms with E-state index < -0.39 is 59.2 Å². The number of nitrogens with zero attached hydrogens (tertiary/aromatic N) is 1. The smallest absolute Gasteiger partial charge is 0.258 e. The predicted octanol–water partition coefficient (Wildman–Crippen LogP) is -0.500. The van der Waals surface area contributed by atoms with Gasteiger partial charge in [-0.25, -0.2) is 8.78 Å². The number of hydrogen-bond donors (Lipinski definition) is 6. The van der Waals surface area contributed by atoms with Crippen molar-refractivity contribution in [1.29, 1.82) is 0 Å². The highest BCUT2D eigenvalue weighted by Crippen LogP contribution is 2.72. The second-order valence-electron chi connectivity index (χ2n) is 8.22. The largest absolute Gasteiger partial charge is 0.364 e. The Kier molecular flexibility index (Phi) is 3.41. The molecule has 2 unspecified atom stereocenters. The van der Waals surface area contributed by atoms with Gasteiger partial charge in [-0.1, -0.05) is 13.8 Å². The van der Waals surface area contributed by atoms with Gasteiger partial charge in [-0.05, 0) is 19.8 Å². The molecule has 3 aliphatic rings. The summed E-state index contributed by atoms with van der Waals surface area (Å²) >= 11 is 0. The molecule has 1 saturated heterocycles. The summed E-state index contributed by atoms with van der Waals surface area (Å²) in [7, 11) is 0. The molecular weight excluding hydrogens is 328 g/mol. The molecule has 1 aliphatic heterocycles. The predicted molar refractivity (Wildman–Crippen MR) is 75.9 cm³/mol. The zero-order chi connectivity index (χ0) is 18.6. The van der Waals surface area contributed by atoms with Crippen LogP contribution in [-0.2, 0) is 0 Å². The van der Waals surface area contributed by atoms with Crippen LogP contribution in [0.15, 0.2) is 0 Å². The minimum atomic E-state index is -3.37. The summed E-state index contributed by atoms with van der Waals surface area (Å²) in [6, 6.07) is 0. The van der Waals surface area contributed by atoms with E-state index >= 15 is 0 Å². The highest BCUT2D eigenvalue weighted by atomic mass is 19.3. The van der Waals surface area contributed by atoms with E-state index in [4.69, 9.17) is 0 Å². The van der Waals surface area contributed by atoms with Crippen LogP contribution in [0.2, 0.25) is 0 Å². The maximum Gasteiger partial charge on any atom is 0.258 e. The van der Waals surface area contributed by atoms with E-state index in [0.717, 1.165) is 0 Å². The third kappa shape index (κ3) is 2.00. The summed E-state index contributed by atoms with van der Waals surface area (Å²) in [6.45, 7) is 4.20. The molecule has 3 rings (SSSR count). The quantitative estimate of drug-likeness (QED) is 0.377. The first-order valence-corrected chi connectivity index (χ1v) is 8.09. The van der Waals surface area contributed by atoms with Gasteiger partial charge in [0.25, 0.3) is 5.92 Å². The Balaban J connectivity index is 2.14. The average molecular weight is 353 g/mol. The molecule has 7 nitrogen and oxygen atoms in total. The first-order valence-electron chi connectivity index (χ1n) is 8.09. The minimum Gasteiger partial charge on any atom is -0.364 e. The number of alkyl halides is 2. The SMILES string of the molecule is CC(C)C(O)(O)C1(C)N(C(O)(O)C2CC2(F)F)C(O)(O)CC12CC2. The summed E-state index contributed by atoms with van der Waals surface area (Å²) in [4.78, 5) is 0.283. The molecule has 0 aromatic rings. The van der Waals surface area contributed by atoms with E-state index in [1.165, 1.54) is 20.8 Å². The zero-order valence-corrected chi connectivity index (χ0v) is 13.9. The lowest BCUT2D eigenvalue weighted by Gasteiger charge is -2.54. The summed E-state index contributed by atoms with van der Waals surface area (Å²) < 4.78 is 27.0. The zero-order valence-electron chi connectivity index (χ0n) is 13.9. The van der Waals surface area contributed by atoms with Gasteiger partial charge in [-0.3, -0.25) is 0 Å². The van der Waals surface area contributed by atoms with E-state index in [-0.39, 0.29) is 4.90 Å². The third-order valence-electron chi connectivity index (χ3n) is 6.41. The van der Waals surface area contributed by atoms with Crippen LogP contribution >= 0.6 is 0 Å². The highest BCUT2D eigenvalue weighted by Gasteiger charge is 2.83. The van der Waals surface area contributed by atoms with Gasteiger partial charge in [-0.2, -0.15) is 4.90 Å². The normalized spacial score (nSPS) is 37.2. The first-order chi connectivity index (χ1) is 10.6. The van der Waals surface area contributed by atoms with Gasteiger partial charge in [0.2, 0.25) is 11.8 Å². The van der Waals surface area contributed by atoms with Crippen molar-refractivity contribution in [1.82, 2.24) is 4.90 Å². The van der Waals surface area contributed by atoms with Crippen molar-refractivity contribution >= 4 is 0 Å². The molecule has 0 aromatic carbocycles. The summed E-state index contributed by atoms with van der Waals surface area (Å²) in [6.07, 6.45) is -0.459. The van der Waals surface area contributed by atoms with Gasteiger partial charge < -0.3 is 30.6 Å². The van der Waals surface area contributed by atoms with Gasteiger partial charge in [0.1, 0.15) is 0 Å². The Morgan fingerprint density at radius 2 is 1.54 bits per heavy atom. The molecule has 0 bridgehead atoms. The molecule has 0 amide bonds. The van der Waals surface area contributed by atoms with Crippen LogP contribution < -0.4 is 0 Å². The van der Waals surface area contributed by atoms with E-state index in [1.807, 2.05) is 0 Å². The van der Waals surface area contributed by atoms with E-state index in [9.17, 15) is 39.4 Å². The van der Waals surface area contributed by atoms with Crippen LogP contribution in [0.3, 0.4) is 0 Å². The monoisotopic (exact) mass is 353 g/mol. The molecule has 1 spiro atoms. The van der Waals surface area contributed by atoms with E-state index in [2.05, 4.69) is 0 Å². The van der Waals surface area contributed by atoms with Gasteiger partial charge in [-0.15, -0.1) is 0 Å². The van der Waals surface area contributed by atoms with Crippen LogP contribution in [0.1, 0.15) is 46.5 Å². The van der Waals surface area contributed by atoms with Crippen LogP contribution in [-0.4, -0.2) is 64.6 Å². The Hall–Kier alpha value is -0.420. The van der Waals surface area contributed by atoms with Crippen molar-refractivity contribution in [2.24, 2.45) is 17.3 Å². The fourth-order valence-electron chi connectivity index (χ4n) is 4.61. The first kappa shape index (κ1) is 18.4. The molecule has 6 N–H and O–H groups in total. The van der Waals surface area contributed by atoms with Crippen molar-refractivity contribution < 1.29 is 39.4 Å². The molecule has 2 atom stereocenters. The number of likely N-dealkylation sites (tertiary alicyclic amines) is 1. The standard InChI is InChI=1S/C15H25F2NO6/c1-8(2)14(21,22)10(3)11(4-5-11)7-13(19,20)18(10)15(23,24)9-6-12(9,16)17/h8-9,19-24H,4-7H2,1-3H3. The lowest BCUT2D eigenvalue weighted by atomic mass is 9.71. The fourth-order valence-corrected chi connectivity index (χ4v) is 4.61. The van der Waals surface area contributed by atoms with E-state index in [0.29, 0.717) is 12.8 Å². The van der Waals surface area contributed by atoms with Gasteiger partial charge in [0, 0.05) is 24.2 Å². The topological polar surface area (TPSA) is 125 Å². The second-order valence-corrected chi connectivity index (χ2v) is 8.22. The highest BCUT2D eigenvalue weighted by molar-refractivity contribution is 5.25. The van der Waals surface area contributed by atoms with Crippen molar-refractivity contribution in [3.8, 4) is 0 Å². The molecule has 0 aromatic heterocycles. The number of rotatable bonds is 4. The minimum absolute atomic E-state index is 0.283. The van der Waals surface area contributed by atoms with Gasteiger partial charge >= 0.3 is 0 Å². The second kappa shape index (κ2) is 4.46. The van der Waals surface area contributed by atoms with Gasteiger partial charge in [0.05, 0.1) is 11.5 Å². The molecule has 0 radical (unpaired) electrons. The summed E-state index contributed by atoms with van der Waals surface area (Å²) in [5.41, 5.74) is -2.97. The average Bonchev–Trinajstić information content (AvgIpc) is 3.24. The van der Waals surface area contributed by atoms with Crippen LogP contribution in [0, 0.1) is 17.3 Å². The summed E-state index contributed by atoms with van der Waals surface area (Å²) in [5, 5.41) is 63.0. The van der Waals surface area contributed by atoms with Crippen molar-refractivity contribution in [3.05, 3.63) is 0 Å². The number of halogens is 2. The van der Waals surface area contributed by atoms with Crippen molar-refractivity contribution in [3.63, 3.8) is 0 Å². The maximum absolute atomic E-state index is 13.5. The molecule has 140 valence electrons. The number of hydrogen-bond acceptors (Lipinski definition) is 7.